The van der Waals surface area contributed by atoms with E-state index in [-0.39, 0.29) is 0 Å². The lowest BCUT2D eigenvalue weighted by molar-refractivity contribution is -0.0374. The van der Waals surface area contributed by atoms with Gasteiger partial charge in [0.15, 0.2) is 0 Å². The molecular weight excluding hydrogens is 384 g/mol. The highest BCUT2D eigenvalue weighted by atomic mass is 16.4. The van der Waals surface area contributed by atoms with Crippen molar-refractivity contribution in [3.63, 3.8) is 0 Å². The van der Waals surface area contributed by atoms with Crippen molar-refractivity contribution in [2.75, 3.05) is 6.61 Å². The number of benzene rings is 3. The van der Waals surface area contributed by atoms with Gasteiger partial charge in [-0.25, -0.2) is 0 Å². The quantitative estimate of drug-likeness (QED) is 0.344. The van der Waals surface area contributed by atoms with Crippen LogP contribution in [0.4, 0.5) is 0 Å². The molecular formula is C28H30O3. The average Bonchev–Trinajstić information content (AvgIpc) is 2.82. The summed E-state index contributed by atoms with van der Waals surface area (Å²) in [5, 5.41) is 32.1. The molecule has 3 aromatic rings. The Labute approximate surface area is 184 Å². The largest absolute Gasteiger partial charge is 0.394 e. The minimum atomic E-state index is -1.33. The maximum absolute atomic E-state index is 11.6. The fourth-order valence-electron chi connectivity index (χ4n) is 4.51. The van der Waals surface area contributed by atoms with E-state index in [1.807, 2.05) is 84.9 Å². The molecule has 3 N–H and O–H groups in total. The third kappa shape index (κ3) is 4.26. The second-order valence-corrected chi connectivity index (χ2v) is 7.66. The number of hydrogen-bond acceptors (Lipinski definition) is 3. The van der Waals surface area contributed by atoms with Crippen LogP contribution in [-0.4, -0.2) is 34.1 Å². The van der Waals surface area contributed by atoms with E-state index in [4.69, 9.17) is 0 Å². The van der Waals surface area contributed by atoms with Gasteiger partial charge in [0.25, 0.3) is 0 Å². The van der Waals surface area contributed by atoms with Gasteiger partial charge in [0.05, 0.1) is 18.1 Å². The molecule has 2 unspecified atom stereocenters. The van der Waals surface area contributed by atoms with Crippen LogP contribution in [0.15, 0.2) is 104 Å². The monoisotopic (exact) mass is 414 g/mol. The van der Waals surface area contributed by atoms with Crippen LogP contribution >= 0.6 is 0 Å². The lowest BCUT2D eigenvalue weighted by Gasteiger charge is -2.43. The normalized spacial score (nSPS) is 13.4. The van der Waals surface area contributed by atoms with Crippen LogP contribution in [0.5, 0.6) is 0 Å². The Bertz CT molecular complexity index is 956. The summed E-state index contributed by atoms with van der Waals surface area (Å²) in [6, 6.07) is 25.4. The molecule has 3 rings (SSSR count). The molecule has 0 fully saturated rings. The van der Waals surface area contributed by atoms with E-state index in [0.29, 0.717) is 12.8 Å². The van der Waals surface area contributed by atoms with Crippen LogP contribution in [0.1, 0.15) is 27.8 Å². The van der Waals surface area contributed by atoms with Gasteiger partial charge in [0, 0.05) is 0 Å². The van der Waals surface area contributed by atoms with Gasteiger partial charge in [0.1, 0.15) is 6.10 Å². The van der Waals surface area contributed by atoms with E-state index in [2.05, 4.69) is 19.2 Å². The first kappa shape index (κ1) is 22.7. The molecule has 3 aromatic carbocycles. The van der Waals surface area contributed by atoms with Crippen LogP contribution in [-0.2, 0) is 18.3 Å². The predicted octanol–water partition coefficient (Wildman–Crippen LogP) is 4.19. The minimum Gasteiger partial charge on any atom is -0.394 e. The summed E-state index contributed by atoms with van der Waals surface area (Å²) >= 11 is 0. The maximum Gasteiger partial charge on any atom is 0.104 e. The molecule has 0 radical (unpaired) electrons. The highest BCUT2D eigenvalue weighted by molar-refractivity contribution is 5.57. The third-order valence-electron chi connectivity index (χ3n) is 5.86. The molecule has 3 nitrogen and oxygen atoms in total. The molecule has 160 valence electrons. The number of allylic oxidation sites excluding steroid dienone is 2. The molecule has 0 saturated heterocycles. The number of hydrogen-bond donors (Lipinski definition) is 3. The van der Waals surface area contributed by atoms with Gasteiger partial charge in [-0.3, -0.25) is 0 Å². The van der Waals surface area contributed by atoms with Gasteiger partial charge in [-0.1, -0.05) is 91.0 Å². The topological polar surface area (TPSA) is 60.7 Å². The average molecular weight is 415 g/mol. The van der Waals surface area contributed by atoms with E-state index in [9.17, 15) is 15.3 Å². The summed E-state index contributed by atoms with van der Waals surface area (Å²) in [6.45, 7) is 7.29. The van der Waals surface area contributed by atoms with Gasteiger partial charge in [-0.2, -0.15) is 0 Å². The van der Waals surface area contributed by atoms with Crippen molar-refractivity contribution >= 4 is 0 Å². The van der Waals surface area contributed by atoms with Crippen molar-refractivity contribution in [3.8, 4) is 0 Å². The first-order valence-electron chi connectivity index (χ1n) is 10.5. The van der Waals surface area contributed by atoms with Gasteiger partial charge < -0.3 is 15.3 Å². The molecule has 2 atom stereocenters. The zero-order chi connectivity index (χ0) is 22.3. The van der Waals surface area contributed by atoms with E-state index >= 15 is 0 Å². The van der Waals surface area contributed by atoms with Crippen molar-refractivity contribution < 1.29 is 15.3 Å². The molecule has 0 aliphatic rings. The third-order valence-corrected chi connectivity index (χ3v) is 5.86. The second kappa shape index (κ2) is 10.4. The molecule has 0 saturated carbocycles. The smallest absolute Gasteiger partial charge is 0.104 e. The highest BCUT2D eigenvalue weighted by Gasteiger charge is 2.47. The standard InChI is InChI=1S/C28H30O3/c1-3-12-21-14-11-19-25(24(21)13-4-2)28(27(31)26(30)20-29,22-15-7-5-8-16-22)23-17-9-6-10-18-23/h3-11,14-19,26-27,29-31H,1-2,12-13,20H2. The Kier molecular flexibility index (Phi) is 7.59. The Morgan fingerprint density at radius 3 is 1.77 bits per heavy atom. The molecule has 0 aromatic heterocycles. The van der Waals surface area contributed by atoms with Crippen molar-refractivity contribution in [1.82, 2.24) is 0 Å². The zero-order valence-corrected chi connectivity index (χ0v) is 17.7. The summed E-state index contributed by atoms with van der Waals surface area (Å²) in [6.07, 6.45) is 2.36. The van der Waals surface area contributed by atoms with Gasteiger partial charge in [-0.05, 0) is 40.7 Å². The summed E-state index contributed by atoms with van der Waals surface area (Å²) in [5.74, 6) is 0. The first-order valence-corrected chi connectivity index (χ1v) is 10.5. The fourth-order valence-corrected chi connectivity index (χ4v) is 4.51. The lowest BCUT2D eigenvalue weighted by Crippen LogP contribution is -2.50. The molecule has 0 amide bonds. The molecule has 0 spiro atoms. The van der Waals surface area contributed by atoms with Gasteiger partial charge in [0.2, 0.25) is 0 Å². The summed E-state index contributed by atoms with van der Waals surface area (Å²) in [4.78, 5) is 0. The Balaban J connectivity index is 2.48. The molecule has 31 heavy (non-hydrogen) atoms. The van der Waals surface area contributed by atoms with Crippen LogP contribution in [0, 0.1) is 0 Å². The van der Waals surface area contributed by atoms with E-state index in [1.165, 1.54) is 0 Å². The number of rotatable bonds is 10. The number of aliphatic hydroxyl groups is 3. The lowest BCUT2D eigenvalue weighted by atomic mass is 9.62. The Morgan fingerprint density at radius 2 is 1.29 bits per heavy atom. The predicted molar refractivity (Wildman–Crippen MR) is 126 cm³/mol. The molecule has 0 bridgehead atoms. The van der Waals surface area contributed by atoms with Crippen LogP contribution in [0.3, 0.4) is 0 Å². The van der Waals surface area contributed by atoms with Crippen molar-refractivity contribution in [2.45, 2.75) is 30.5 Å². The van der Waals surface area contributed by atoms with Crippen molar-refractivity contribution in [3.05, 3.63) is 132 Å². The SMILES string of the molecule is C=CCc1cccc(C(c2ccccc2)(c2ccccc2)C(O)C(O)CO)c1CC=C. The summed E-state index contributed by atoms with van der Waals surface area (Å²) < 4.78 is 0. The van der Waals surface area contributed by atoms with E-state index in [0.717, 1.165) is 27.8 Å². The molecule has 0 heterocycles. The fraction of sp³-hybridized carbons (Fsp3) is 0.214. The highest BCUT2D eigenvalue weighted by Crippen LogP contribution is 2.45. The zero-order valence-electron chi connectivity index (χ0n) is 17.7. The first-order chi connectivity index (χ1) is 15.1. The maximum atomic E-state index is 11.6. The van der Waals surface area contributed by atoms with Crippen LogP contribution in [0.25, 0.3) is 0 Å². The van der Waals surface area contributed by atoms with Crippen molar-refractivity contribution in [1.29, 1.82) is 0 Å². The minimum absolute atomic E-state index is 0.550. The van der Waals surface area contributed by atoms with Crippen LogP contribution < -0.4 is 0 Å². The van der Waals surface area contributed by atoms with E-state index in [1.54, 1.807) is 0 Å². The second-order valence-electron chi connectivity index (χ2n) is 7.66. The Hall–Kier alpha value is -2.98. The van der Waals surface area contributed by atoms with Crippen LogP contribution in [0.2, 0.25) is 0 Å². The summed E-state index contributed by atoms with van der Waals surface area (Å²) in [7, 11) is 0. The number of aliphatic hydroxyl groups excluding tert-OH is 3. The van der Waals surface area contributed by atoms with Gasteiger partial charge in [-0.15, -0.1) is 13.2 Å². The van der Waals surface area contributed by atoms with E-state index < -0.39 is 24.2 Å². The van der Waals surface area contributed by atoms with Crippen molar-refractivity contribution in [2.24, 2.45) is 0 Å². The molecule has 3 heteroatoms. The molecule has 0 aliphatic heterocycles. The Morgan fingerprint density at radius 1 is 0.742 bits per heavy atom. The summed E-state index contributed by atoms with van der Waals surface area (Å²) in [5.41, 5.74) is 3.58. The van der Waals surface area contributed by atoms with Gasteiger partial charge >= 0.3 is 0 Å². The molecule has 0 aliphatic carbocycles.